The normalized spacial score (nSPS) is 10.5. The average Bonchev–Trinajstić information content (AvgIpc) is 2.78. The van der Waals surface area contributed by atoms with Crippen molar-refractivity contribution in [2.24, 2.45) is 0 Å². The monoisotopic (exact) mass is 216 g/mol. The molecule has 0 aliphatic rings. The Labute approximate surface area is 95.6 Å². The molecule has 1 aromatic heterocycles. The molecule has 78 valence electrons. The van der Waals surface area contributed by atoms with Gasteiger partial charge in [0.15, 0.2) is 0 Å². The zero-order valence-corrected chi connectivity index (χ0v) is 10.1. The van der Waals surface area contributed by atoms with E-state index in [0.717, 1.165) is 12.8 Å². The molecule has 0 saturated heterocycles. The van der Waals surface area contributed by atoms with Crippen LogP contribution in [0.5, 0.6) is 0 Å². The van der Waals surface area contributed by atoms with E-state index in [1.54, 1.807) is 0 Å². The number of rotatable bonds is 3. The summed E-state index contributed by atoms with van der Waals surface area (Å²) in [6.07, 6.45) is 2.25. The molecule has 0 radical (unpaired) electrons. The van der Waals surface area contributed by atoms with Crippen molar-refractivity contribution < 1.29 is 0 Å². The minimum Gasteiger partial charge on any atom is -0.140 e. The van der Waals surface area contributed by atoms with E-state index in [9.17, 15) is 0 Å². The third-order valence-electron chi connectivity index (χ3n) is 2.66. The van der Waals surface area contributed by atoms with Gasteiger partial charge in [-0.25, -0.2) is 0 Å². The van der Waals surface area contributed by atoms with Crippen molar-refractivity contribution in [2.75, 3.05) is 0 Å². The maximum atomic E-state index is 2.23. The zero-order valence-electron chi connectivity index (χ0n) is 9.29. The van der Waals surface area contributed by atoms with E-state index in [-0.39, 0.29) is 0 Å². The highest BCUT2D eigenvalue weighted by Gasteiger charge is 2.01. The van der Waals surface area contributed by atoms with Crippen molar-refractivity contribution in [3.63, 3.8) is 0 Å². The zero-order chi connectivity index (χ0) is 10.7. The van der Waals surface area contributed by atoms with Crippen molar-refractivity contribution in [3.8, 4) is 10.4 Å². The van der Waals surface area contributed by atoms with Crippen LogP contribution < -0.4 is 0 Å². The lowest BCUT2D eigenvalue weighted by Gasteiger charge is -1.99. The smallest absolute Gasteiger partial charge is 0.0345 e. The minimum atomic E-state index is 1.12. The fourth-order valence-electron chi connectivity index (χ4n) is 1.63. The van der Waals surface area contributed by atoms with Crippen LogP contribution >= 0.6 is 11.3 Å². The fourth-order valence-corrected chi connectivity index (χ4v) is 2.58. The van der Waals surface area contributed by atoms with Crippen molar-refractivity contribution >= 4 is 11.3 Å². The van der Waals surface area contributed by atoms with Crippen LogP contribution in [0.15, 0.2) is 36.4 Å². The Morgan fingerprint density at radius 1 is 0.867 bits per heavy atom. The number of thiophene rings is 1. The van der Waals surface area contributed by atoms with E-state index in [0.29, 0.717) is 0 Å². The summed E-state index contributed by atoms with van der Waals surface area (Å²) >= 11 is 1.90. The molecular weight excluding hydrogens is 200 g/mol. The third kappa shape index (κ3) is 2.29. The number of hydrogen-bond acceptors (Lipinski definition) is 1. The standard InChI is InChI=1S/C14H16S/c1-3-11-5-7-12(8-6-11)14-10-9-13(4-2)15-14/h5-10H,3-4H2,1-2H3. The topological polar surface area (TPSA) is 0 Å². The first-order chi connectivity index (χ1) is 7.33. The molecule has 1 heteroatoms. The van der Waals surface area contributed by atoms with Crippen LogP contribution in [0, 0.1) is 0 Å². The van der Waals surface area contributed by atoms with Crippen LogP contribution in [0.25, 0.3) is 10.4 Å². The maximum Gasteiger partial charge on any atom is 0.0345 e. The van der Waals surface area contributed by atoms with E-state index in [1.165, 1.54) is 20.9 Å². The summed E-state index contributed by atoms with van der Waals surface area (Å²) in [5, 5.41) is 0. The summed E-state index contributed by atoms with van der Waals surface area (Å²) in [5.41, 5.74) is 2.75. The SMILES string of the molecule is CCc1ccc(-c2ccc(CC)s2)cc1. The lowest BCUT2D eigenvalue weighted by molar-refractivity contribution is 1.14. The molecule has 2 aromatic rings. The Morgan fingerprint density at radius 3 is 2.13 bits per heavy atom. The Kier molecular flexibility index (Phi) is 3.22. The lowest BCUT2D eigenvalue weighted by atomic mass is 10.1. The molecular formula is C14H16S. The van der Waals surface area contributed by atoms with Gasteiger partial charge in [0.1, 0.15) is 0 Å². The second-order valence-corrected chi connectivity index (χ2v) is 4.84. The number of benzene rings is 1. The molecule has 0 aliphatic heterocycles. The third-order valence-corrected chi connectivity index (χ3v) is 3.94. The molecule has 0 N–H and O–H groups in total. The predicted molar refractivity (Wildman–Crippen MR) is 68.5 cm³/mol. The Hall–Kier alpha value is -1.08. The van der Waals surface area contributed by atoms with Gasteiger partial charge >= 0.3 is 0 Å². The van der Waals surface area contributed by atoms with Gasteiger partial charge in [-0.2, -0.15) is 0 Å². The first kappa shape index (κ1) is 10.4. The van der Waals surface area contributed by atoms with Gasteiger partial charge in [-0.3, -0.25) is 0 Å². The van der Waals surface area contributed by atoms with Crippen LogP contribution in [-0.4, -0.2) is 0 Å². The van der Waals surface area contributed by atoms with Crippen molar-refractivity contribution in [3.05, 3.63) is 46.8 Å². The molecule has 0 bridgehead atoms. The van der Waals surface area contributed by atoms with E-state index < -0.39 is 0 Å². The molecule has 1 heterocycles. The predicted octanol–water partition coefficient (Wildman–Crippen LogP) is 4.54. The van der Waals surface area contributed by atoms with Gasteiger partial charge in [0.25, 0.3) is 0 Å². The number of hydrogen-bond donors (Lipinski definition) is 0. The van der Waals surface area contributed by atoms with Gasteiger partial charge in [0.05, 0.1) is 0 Å². The average molecular weight is 216 g/mol. The van der Waals surface area contributed by atoms with Gasteiger partial charge in [-0.1, -0.05) is 38.1 Å². The first-order valence-corrected chi connectivity index (χ1v) is 6.33. The van der Waals surface area contributed by atoms with Crippen molar-refractivity contribution in [2.45, 2.75) is 26.7 Å². The summed E-state index contributed by atoms with van der Waals surface area (Å²) in [4.78, 5) is 2.85. The summed E-state index contributed by atoms with van der Waals surface area (Å²) in [6, 6.07) is 13.4. The minimum absolute atomic E-state index is 1.12. The molecule has 0 spiro atoms. The molecule has 0 atom stereocenters. The maximum absolute atomic E-state index is 2.23. The highest BCUT2D eigenvalue weighted by molar-refractivity contribution is 7.15. The molecule has 0 fully saturated rings. The van der Waals surface area contributed by atoms with E-state index in [2.05, 4.69) is 50.2 Å². The quantitative estimate of drug-likeness (QED) is 0.706. The second kappa shape index (κ2) is 4.63. The molecule has 0 saturated carbocycles. The van der Waals surface area contributed by atoms with E-state index in [1.807, 2.05) is 11.3 Å². The van der Waals surface area contributed by atoms with E-state index >= 15 is 0 Å². The van der Waals surface area contributed by atoms with Gasteiger partial charge in [0.2, 0.25) is 0 Å². The van der Waals surface area contributed by atoms with Gasteiger partial charge < -0.3 is 0 Å². The van der Waals surface area contributed by atoms with Gasteiger partial charge in [-0.05, 0) is 36.1 Å². The Balaban J connectivity index is 2.28. The molecule has 0 aliphatic carbocycles. The van der Waals surface area contributed by atoms with Crippen LogP contribution in [0.2, 0.25) is 0 Å². The molecule has 2 rings (SSSR count). The molecule has 0 nitrogen and oxygen atoms in total. The van der Waals surface area contributed by atoms with Gasteiger partial charge in [-0.15, -0.1) is 11.3 Å². The number of aryl methyl sites for hydroxylation is 2. The Morgan fingerprint density at radius 2 is 1.60 bits per heavy atom. The molecule has 0 amide bonds. The lowest BCUT2D eigenvalue weighted by Crippen LogP contribution is -1.78. The second-order valence-electron chi connectivity index (χ2n) is 3.67. The largest absolute Gasteiger partial charge is 0.140 e. The van der Waals surface area contributed by atoms with Gasteiger partial charge in [0, 0.05) is 9.75 Å². The Bertz CT molecular complexity index is 423. The fraction of sp³-hybridized carbons (Fsp3) is 0.286. The van der Waals surface area contributed by atoms with Crippen LogP contribution in [0.3, 0.4) is 0 Å². The summed E-state index contributed by atoms with van der Waals surface area (Å²) < 4.78 is 0. The molecule has 1 aromatic carbocycles. The van der Waals surface area contributed by atoms with Crippen LogP contribution in [0.1, 0.15) is 24.3 Å². The molecule has 15 heavy (non-hydrogen) atoms. The summed E-state index contributed by atoms with van der Waals surface area (Å²) in [7, 11) is 0. The van der Waals surface area contributed by atoms with Crippen molar-refractivity contribution in [1.29, 1.82) is 0 Å². The highest BCUT2D eigenvalue weighted by Crippen LogP contribution is 2.28. The summed E-state index contributed by atoms with van der Waals surface area (Å²) in [5.74, 6) is 0. The van der Waals surface area contributed by atoms with Crippen molar-refractivity contribution in [1.82, 2.24) is 0 Å². The van der Waals surface area contributed by atoms with Crippen LogP contribution in [-0.2, 0) is 12.8 Å². The first-order valence-electron chi connectivity index (χ1n) is 5.51. The van der Waals surface area contributed by atoms with E-state index in [4.69, 9.17) is 0 Å². The van der Waals surface area contributed by atoms with Crippen LogP contribution in [0.4, 0.5) is 0 Å². The summed E-state index contributed by atoms with van der Waals surface area (Å²) in [6.45, 7) is 4.39. The highest BCUT2D eigenvalue weighted by atomic mass is 32.1. The molecule has 0 unspecified atom stereocenters.